The third kappa shape index (κ3) is 2.80. The molecule has 0 radical (unpaired) electrons. The number of benzene rings is 2. The van der Waals surface area contributed by atoms with Gasteiger partial charge >= 0.3 is 11.1 Å². The van der Waals surface area contributed by atoms with E-state index in [1.54, 1.807) is 6.07 Å². The number of aromatic amines is 2. The Morgan fingerprint density at radius 2 is 1.43 bits per heavy atom. The molecule has 0 saturated carbocycles. The molecule has 21 heavy (non-hydrogen) atoms. The summed E-state index contributed by atoms with van der Waals surface area (Å²) in [6, 6.07) is 13.0. The van der Waals surface area contributed by atoms with Gasteiger partial charge < -0.3 is 9.97 Å². The van der Waals surface area contributed by atoms with Gasteiger partial charge in [0.05, 0.1) is 15.9 Å². The van der Waals surface area contributed by atoms with Crippen molar-refractivity contribution in [3.63, 3.8) is 0 Å². The van der Waals surface area contributed by atoms with E-state index in [-0.39, 0.29) is 4.83 Å². The standard InChI is InChI=1S/C15H10BrClN2O2/c16-13(8-1-4-10(17)5-2-8)9-3-6-11-12(7-9)19-15(21)14(20)18-11/h1-7,13H,(H,18,20)(H,19,21). The van der Waals surface area contributed by atoms with E-state index in [1.807, 2.05) is 36.4 Å². The maximum atomic E-state index is 11.4. The number of rotatable bonds is 2. The number of hydrogen-bond acceptors (Lipinski definition) is 2. The minimum absolute atomic E-state index is 0.0328. The minimum Gasteiger partial charge on any atom is -0.316 e. The highest BCUT2D eigenvalue weighted by molar-refractivity contribution is 9.09. The molecule has 106 valence electrons. The van der Waals surface area contributed by atoms with E-state index in [0.717, 1.165) is 11.1 Å². The molecule has 1 aromatic heterocycles. The van der Waals surface area contributed by atoms with Gasteiger partial charge in [0, 0.05) is 5.02 Å². The van der Waals surface area contributed by atoms with E-state index in [1.165, 1.54) is 0 Å². The zero-order chi connectivity index (χ0) is 15.0. The Morgan fingerprint density at radius 1 is 0.857 bits per heavy atom. The van der Waals surface area contributed by atoms with E-state index < -0.39 is 11.1 Å². The van der Waals surface area contributed by atoms with Crippen LogP contribution in [0.1, 0.15) is 16.0 Å². The summed E-state index contributed by atoms with van der Waals surface area (Å²) in [5.41, 5.74) is 1.90. The second kappa shape index (κ2) is 5.50. The number of H-pyrrole nitrogens is 2. The lowest BCUT2D eigenvalue weighted by atomic mass is 10.0. The molecule has 1 atom stereocenters. The van der Waals surface area contributed by atoms with Gasteiger partial charge in [-0.2, -0.15) is 0 Å². The highest BCUT2D eigenvalue weighted by Crippen LogP contribution is 2.32. The first-order valence-corrected chi connectivity index (χ1v) is 7.50. The van der Waals surface area contributed by atoms with Gasteiger partial charge in [0.25, 0.3) is 0 Å². The van der Waals surface area contributed by atoms with Crippen LogP contribution in [-0.2, 0) is 0 Å². The van der Waals surface area contributed by atoms with E-state index in [2.05, 4.69) is 25.9 Å². The molecule has 0 spiro atoms. The molecule has 6 heteroatoms. The van der Waals surface area contributed by atoms with Crippen molar-refractivity contribution in [1.82, 2.24) is 9.97 Å². The van der Waals surface area contributed by atoms with Gasteiger partial charge in [-0.3, -0.25) is 9.59 Å². The fourth-order valence-electron chi connectivity index (χ4n) is 2.11. The second-order valence-electron chi connectivity index (χ2n) is 4.63. The number of fused-ring (bicyclic) bond motifs is 1. The van der Waals surface area contributed by atoms with Gasteiger partial charge in [0.15, 0.2) is 0 Å². The predicted molar refractivity (Wildman–Crippen MR) is 87.4 cm³/mol. The van der Waals surface area contributed by atoms with Crippen LogP contribution in [0.15, 0.2) is 52.1 Å². The highest BCUT2D eigenvalue weighted by atomic mass is 79.9. The number of aromatic nitrogens is 2. The average molecular weight is 366 g/mol. The fourth-order valence-corrected chi connectivity index (χ4v) is 2.83. The second-order valence-corrected chi connectivity index (χ2v) is 5.98. The van der Waals surface area contributed by atoms with E-state index in [4.69, 9.17) is 11.6 Å². The Hall–Kier alpha value is -1.85. The number of alkyl halides is 1. The van der Waals surface area contributed by atoms with Crippen molar-refractivity contribution in [2.24, 2.45) is 0 Å². The maximum absolute atomic E-state index is 11.4. The van der Waals surface area contributed by atoms with Crippen molar-refractivity contribution in [2.45, 2.75) is 4.83 Å². The third-order valence-electron chi connectivity index (χ3n) is 3.20. The minimum atomic E-state index is -0.655. The highest BCUT2D eigenvalue weighted by Gasteiger charge is 2.11. The summed E-state index contributed by atoms with van der Waals surface area (Å²) in [5, 5.41) is 0.680. The summed E-state index contributed by atoms with van der Waals surface area (Å²) in [4.78, 5) is 27.8. The van der Waals surface area contributed by atoms with Gasteiger partial charge in [0.1, 0.15) is 0 Å². The molecule has 0 bridgehead atoms. The molecule has 2 N–H and O–H groups in total. The summed E-state index contributed by atoms with van der Waals surface area (Å²) < 4.78 is 0. The molecule has 0 aliphatic carbocycles. The normalized spacial score (nSPS) is 12.5. The zero-order valence-electron chi connectivity index (χ0n) is 10.7. The third-order valence-corrected chi connectivity index (χ3v) is 4.51. The summed E-state index contributed by atoms with van der Waals surface area (Å²) in [5.74, 6) is 0. The first kappa shape index (κ1) is 14.1. The van der Waals surface area contributed by atoms with Gasteiger partial charge in [0.2, 0.25) is 0 Å². The topological polar surface area (TPSA) is 65.7 Å². The van der Waals surface area contributed by atoms with Crippen molar-refractivity contribution < 1.29 is 0 Å². The first-order valence-electron chi connectivity index (χ1n) is 6.20. The molecular weight excluding hydrogens is 356 g/mol. The Morgan fingerprint density at radius 3 is 2.10 bits per heavy atom. The van der Waals surface area contributed by atoms with Crippen LogP contribution in [0.2, 0.25) is 5.02 Å². The summed E-state index contributed by atoms with van der Waals surface area (Å²) in [7, 11) is 0. The maximum Gasteiger partial charge on any atom is 0.314 e. The van der Waals surface area contributed by atoms with Gasteiger partial charge in [-0.1, -0.05) is 45.7 Å². The molecular formula is C15H10BrClN2O2. The van der Waals surface area contributed by atoms with Crippen LogP contribution in [0.25, 0.3) is 11.0 Å². The number of nitrogens with one attached hydrogen (secondary N) is 2. The van der Waals surface area contributed by atoms with Crippen molar-refractivity contribution in [2.75, 3.05) is 0 Å². The molecule has 0 amide bonds. The average Bonchev–Trinajstić information content (AvgIpc) is 2.48. The largest absolute Gasteiger partial charge is 0.316 e. The van der Waals surface area contributed by atoms with E-state index in [0.29, 0.717) is 16.1 Å². The van der Waals surface area contributed by atoms with Crippen LogP contribution >= 0.6 is 27.5 Å². The molecule has 2 aromatic carbocycles. The summed E-state index contributed by atoms with van der Waals surface area (Å²) in [6.45, 7) is 0. The first-order chi connectivity index (χ1) is 10.0. The van der Waals surface area contributed by atoms with Crippen LogP contribution in [-0.4, -0.2) is 9.97 Å². The lowest BCUT2D eigenvalue weighted by Crippen LogP contribution is -2.28. The Balaban J connectivity index is 2.08. The van der Waals surface area contributed by atoms with Crippen molar-refractivity contribution in [3.8, 4) is 0 Å². The van der Waals surface area contributed by atoms with Gasteiger partial charge in [-0.25, -0.2) is 0 Å². The molecule has 0 saturated heterocycles. The van der Waals surface area contributed by atoms with Crippen molar-refractivity contribution in [1.29, 1.82) is 0 Å². The molecule has 3 aromatic rings. The van der Waals surface area contributed by atoms with E-state index in [9.17, 15) is 9.59 Å². The fraction of sp³-hybridized carbons (Fsp3) is 0.0667. The smallest absolute Gasteiger partial charge is 0.314 e. The molecule has 3 rings (SSSR count). The van der Waals surface area contributed by atoms with E-state index >= 15 is 0 Å². The Bertz CT molecular complexity index is 915. The molecule has 4 nitrogen and oxygen atoms in total. The summed E-state index contributed by atoms with van der Waals surface area (Å²) in [6.07, 6.45) is 0. The number of halogens is 2. The lowest BCUT2D eigenvalue weighted by Gasteiger charge is -2.11. The van der Waals surface area contributed by atoms with Crippen LogP contribution in [0, 0.1) is 0 Å². The van der Waals surface area contributed by atoms with Crippen LogP contribution in [0.5, 0.6) is 0 Å². The van der Waals surface area contributed by atoms with Gasteiger partial charge in [-0.15, -0.1) is 0 Å². The lowest BCUT2D eigenvalue weighted by molar-refractivity contribution is 1.13. The Kier molecular flexibility index (Phi) is 3.69. The molecule has 0 aliphatic rings. The van der Waals surface area contributed by atoms with Crippen molar-refractivity contribution >= 4 is 38.6 Å². The van der Waals surface area contributed by atoms with Gasteiger partial charge in [-0.05, 0) is 35.4 Å². The zero-order valence-corrected chi connectivity index (χ0v) is 13.0. The van der Waals surface area contributed by atoms with Crippen molar-refractivity contribution in [3.05, 3.63) is 79.3 Å². The molecule has 1 heterocycles. The molecule has 1 unspecified atom stereocenters. The Labute approximate surface area is 132 Å². The van der Waals surface area contributed by atoms with Crippen LogP contribution in [0.4, 0.5) is 0 Å². The number of hydrogen-bond donors (Lipinski definition) is 2. The SMILES string of the molecule is O=c1[nH]c2ccc(C(Br)c3ccc(Cl)cc3)cc2[nH]c1=O. The van der Waals surface area contributed by atoms with Crippen LogP contribution in [0.3, 0.4) is 0 Å². The monoisotopic (exact) mass is 364 g/mol. The van der Waals surface area contributed by atoms with Crippen LogP contribution < -0.4 is 11.1 Å². The summed E-state index contributed by atoms with van der Waals surface area (Å²) >= 11 is 9.51. The predicted octanol–water partition coefficient (Wildman–Crippen LogP) is 3.35. The molecule has 0 aliphatic heterocycles. The molecule has 0 fully saturated rings. The quantitative estimate of drug-likeness (QED) is 0.540.